The van der Waals surface area contributed by atoms with Gasteiger partial charge in [0.2, 0.25) is 0 Å². The third-order valence-corrected chi connectivity index (χ3v) is 4.49. The Bertz CT molecular complexity index is 1070. The lowest BCUT2D eigenvalue weighted by molar-refractivity contribution is 0.0697. The summed E-state index contributed by atoms with van der Waals surface area (Å²) in [6.45, 7) is 0.305. The number of hydrogen-bond donors (Lipinski definition) is 1. The Balaban J connectivity index is 1.87. The van der Waals surface area contributed by atoms with Gasteiger partial charge in [-0.2, -0.15) is 5.26 Å². The molecule has 1 N–H and O–H groups in total. The molecule has 3 aromatic rings. The molecule has 0 saturated heterocycles. The van der Waals surface area contributed by atoms with Crippen molar-refractivity contribution in [2.75, 3.05) is 0 Å². The number of ether oxygens (including phenoxy) is 1. The van der Waals surface area contributed by atoms with Gasteiger partial charge in [-0.05, 0) is 35.9 Å². The molecule has 0 spiro atoms. The molecule has 5 heteroatoms. The summed E-state index contributed by atoms with van der Waals surface area (Å²) in [6.07, 6.45) is 1.72. The van der Waals surface area contributed by atoms with Gasteiger partial charge in [0.05, 0.1) is 17.2 Å². The van der Waals surface area contributed by atoms with Crippen molar-refractivity contribution < 1.29 is 14.6 Å². The fourth-order valence-corrected chi connectivity index (χ4v) is 2.82. The average Bonchev–Trinajstić information content (AvgIpc) is 2.72. The van der Waals surface area contributed by atoms with E-state index in [1.54, 1.807) is 24.3 Å². The van der Waals surface area contributed by atoms with Crippen LogP contribution in [0.1, 0.15) is 27.0 Å². The number of carboxylic acid groups (broad SMARTS) is 1. The van der Waals surface area contributed by atoms with Crippen molar-refractivity contribution in [2.24, 2.45) is 0 Å². The molecule has 0 bridgehead atoms. The van der Waals surface area contributed by atoms with E-state index in [2.05, 4.69) is 6.07 Å². The Kier molecular flexibility index (Phi) is 6.11. The van der Waals surface area contributed by atoms with Crippen LogP contribution in [0.4, 0.5) is 0 Å². The molecule has 0 atom stereocenters. The molecule has 3 rings (SSSR count). The highest BCUT2D eigenvalue weighted by Gasteiger charge is 2.08. The van der Waals surface area contributed by atoms with Gasteiger partial charge in [-0.3, -0.25) is 0 Å². The number of hydrogen-bond acceptors (Lipinski definition) is 3. The number of para-hydroxylation sites is 1. The van der Waals surface area contributed by atoms with Crippen LogP contribution in [0.25, 0.3) is 11.6 Å². The Hall–Kier alpha value is -3.55. The van der Waals surface area contributed by atoms with Gasteiger partial charge in [0.1, 0.15) is 12.4 Å². The first kappa shape index (κ1) is 19.2. The normalized spacial score (nSPS) is 10.9. The lowest BCUT2D eigenvalue weighted by atomic mass is 10.0. The zero-order chi connectivity index (χ0) is 19.9. The van der Waals surface area contributed by atoms with Crippen LogP contribution in [0, 0.1) is 11.3 Å². The molecule has 0 fully saturated rings. The number of carbonyl (C=O) groups is 1. The van der Waals surface area contributed by atoms with Gasteiger partial charge in [-0.15, -0.1) is 0 Å². The van der Waals surface area contributed by atoms with E-state index in [1.165, 1.54) is 12.1 Å². The average molecular weight is 390 g/mol. The molecule has 0 aliphatic carbocycles. The zero-order valence-electron chi connectivity index (χ0n) is 14.8. The van der Waals surface area contributed by atoms with Gasteiger partial charge in [0.15, 0.2) is 0 Å². The predicted octanol–water partition coefficient (Wildman–Crippen LogP) is 5.68. The highest BCUT2D eigenvalue weighted by molar-refractivity contribution is 6.31. The molecule has 3 aromatic carbocycles. The molecule has 138 valence electrons. The van der Waals surface area contributed by atoms with E-state index in [0.29, 0.717) is 28.5 Å². The largest absolute Gasteiger partial charge is 0.488 e. The summed E-state index contributed by atoms with van der Waals surface area (Å²) < 4.78 is 5.92. The number of benzene rings is 3. The number of rotatable bonds is 6. The minimum atomic E-state index is -1.01. The van der Waals surface area contributed by atoms with E-state index in [9.17, 15) is 10.1 Å². The van der Waals surface area contributed by atoms with E-state index < -0.39 is 5.97 Å². The Morgan fingerprint density at radius 2 is 1.64 bits per heavy atom. The molecular formula is C23H16ClNO3. The fraction of sp³-hybridized carbons (Fsp3) is 0.0435. The summed E-state index contributed by atoms with van der Waals surface area (Å²) in [5.41, 5.74) is 2.82. The van der Waals surface area contributed by atoms with E-state index in [4.69, 9.17) is 21.4 Å². The van der Waals surface area contributed by atoms with Gasteiger partial charge in [0, 0.05) is 16.1 Å². The van der Waals surface area contributed by atoms with E-state index in [-0.39, 0.29) is 5.56 Å². The maximum absolute atomic E-state index is 11.0. The highest BCUT2D eigenvalue weighted by Crippen LogP contribution is 2.26. The summed E-state index contributed by atoms with van der Waals surface area (Å²) in [4.78, 5) is 11.0. The van der Waals surface area contributed by atoms with Crippen molar-refractivity contribution in [3.8, 4) is 11.8 Å². The van der Waals surface area contributed by atoms with Crippen LogP contribution in [0.2, 0.25) is 5.02 Å². The summed E-state index contributed by atoms with van der Waals surface area (Å²) in [7, 11) is 0. The second-order valence-electron chi connectivity index (χ2n) is 5.97. The molecule has 0 amide bonds. The Morgan fingerprint density at radius 1 is 1.00 bits per heavy atom. The van der Waals surface area contributed by atoms with Crippen molar-refractivity contribution in [1.82, 2.24) is 0 Å². The molecular weight excluding hydrogens is 374 g/mol. The minimum Gasteiger partial charge on any atom is -0.488 e. The predicted molar refractivity (Wildman–Crippen MR) is 109 cm³/mol. The van der Waals surface area contributed by atoms with Crippen LogP contribution in [0.5, 0.6) is 5.75 Å². The van der Waals surface area contributed by atoms with Crippen molar-refractivity contribution in [1.29, 1.82) is 5.26 Å². The molecule has 28 heavy (non-hydrogen) atoms. The van der Waals surface area contributed by atoms with Crippen molar-refractivity contribution >= 4 is 29.2 Å². The number of halogens is 1. The number of aromatic carboxylic acids is 1. The Morgan fingerprint density at radius 3 is 2.32 bits per heavy atom. The first-order valence-electron chi connectivity index (χ1n) is 8.49. The number of carboxylic acids is 1. The molecule has 0 aromatic heterocycles. The monoisotopic (exact) mass is 389 g/mol. The molecule has 0 heterocycles. The van der Waals surface area contributed by atoms with Crippen LogP contribution >= 0.6 is 11.6 Å². The van der Waals surface area contributed by atoms with Gasteiger partial charge in [-0.1, -0.05) is 60.1 Å². The first-order valence-corrected chi connectivity index (χ1v) is 8.87. The molecule has 0 aliphatic heterocycles. The first-order chi connectivity index (χ1) is 13.6. The zero-order valence-corrected chi connectivity index (χ0v) is 15.6. The summed E-state index contributed by atoms with van der Waals surface area (Å²) >= 11 is 6.18. The fourth-order valence-electron chi connectivity index (χ4n) is 2.63. The number of nitrogens with zero attached hydrogens (tertiary/aromatic N) is 1. The topological polar surface area (TPSA) is 70.3 Å². The van der Waals surface area contributed by atoms with Crippen LogP contribution in [0.3, 0.4) is 0 Å². The Labute approximate surface area is 167 Å². The van der Waals surface area contributed by atoms with Gasteiger partial charge in [0.25, 0.3) is 0 Å². The highest BCUT2D eigenvalue weighted by atomic mass is 35.5. The van der Waals surface area contributed by atoms with E-state index >= 15 is 0 Å². The lowest BCUT2D eigenvalue weighted by Crippen LogP contribution is -1.98. The minimum absolute atomic E-state index is 0.171. The van der Waals surface area contributed by atoms with Crippen LogP contribution in [-0.4, -0.2) is 11.1 Å². The maximum atomic E-state index is 11.0. The van der Waals surface area contributed by atoms with Gasteiger partial charge < -0.3 is 9.84 Å². The third-order valence-electron chi connectivity index (χ3n) is 4.12. The van der Waals surface area contributed by atoms with Crippen molar-refractivity contribution in [2.45, 2.75) is 6.61 Å². The third kappa shape index (κ3) is 4.59. The lowest BCUT2D eigenvalue weighted by Gasteiger charge is -2.11. The quantitative estimate of drug-likeness (QED) is 0.434. The second kappa shape index (κ2) is 8.90. The van der Waals surface area contributed by atoms with E-state index in [1.807, 2.05) is 42.5 Å². The molecule has 0 saturated carbocycles. The molecule has 0 aliphatic rings. The molecule has 4 nitrogen and oxygen atoms in total. The van der Waals surface area contributed by atoms with E-state index in [0.717, 1.165) is 11.1 Å². The smallest absolute Gasteiger partial charge is 0.335 e. The second-order valence-corrected chi connectivity index (χ2v) is 6.38. The van der Waals surface area contributed by atoms with Crippen molar-refractivity contribution in [3.05, 3.63) is 100 Å². The summed E-state index contributed by atoms with van der Waals surface area (Å²) in [5.74, 6) is -0.385. The van der Waals surface area contributed by atoms with Gasteiger partial charge in [-0.25, -0.2) is 4.79 Å². The molecule has 0 unspecified atom stereocenters. The maximum Gasteiger partial charge on any atom is 0.335 e. The molecule has 0 radical (unpaired) electrons. The van der Waals surface area contributed by atoms with Crippen molar-refractivity contribution in [3.63, 3.8) is 0 Å². The summed E-state index contributed by atoms with van der Waals surface area (Å²) in [6, 6.07) is 23.2. The van der Waals surface area contributed by atoms with Gasteiger partial charge >= 0.3 is 5.97 Å². The van der Waals surface area contributed by atoms with Crippen LogP contribution in [-0.2, 0) is 6.61 Å². The number of allylic oxidation sites excluding steroid dienone is 1. The van der Waals surface area contributed by atoms with Crippen LogP contribution in [0.15, 0.2) is 72.8 Å². The van der Waals surface area contributed by atoms with Crippen LogP contribution < -0.4 is 4.74 Å². The summed E-state index contributed by atoms with van der Waals surface area (Å²) in [5, 5.41) is 19.2. The SMILES string of the molecule is N#C/C(=C\c1ccccc1OCc1ccccc1Cl)c1ccc(C(=O)O)cc1. The standard InChI is InChI=1S/C23H16ClNO3/c24-21-7-3-1-6-19(21)15-28-22-8-4-2-5-18(22)13-20(14-25)16-9-11-17(12-10-16)23(26)27/h1-13H,15H2,(H,26,27)/b20-13+. The number of nitriles is 1.